The zero-order valence-electron chi connectivity index (χ0n) is 62.2. The van der Waals surface area contributed by atoms with Crippen LogP contribution in [-0.4, -0.2) is 15.8 Å². The predicted octanol–water partition coefficient (Wildman–Crippen LogP) is 26.8. The maximum absolute atomic E-state index is 7.03. The number of furan rings is 1. The van der Waals surface area contributed by atoms with E-state index in [9.17, 15) is 0 Å². The lowest BCUT2D eigenvalue weighted by atomic mass is 9.34. The molecule has 19 aromatic rings. The molecule has 21 rings (SSSR count). The largest absolute Gasteiger partial charge is 0.456 e. The topological polar surface area (TPSA) is 26.2 Å². The van der Waals surface area contributed by atoms with Crippen molar-refractivity contribution in [2.24, 2.45) is 0 Å². The Kier molecular flexibility index (Phi) is 15.1. The molecule has 522 valence electrons. The molecular formula is C104H76BN3OS. The smallest absolute Gasteiger partial charge is 0.249 e. The van der Waals surface area contributed by atoms with Crippen molar-refractivity contribution in [1.29, 1.82) is 0 Å². The number of anilines is 3. The van der Waals surface area contributed by atoms with Gasteiger partial charge in [0.15, 0.2) is 0 Å². The summed E-state index contributed by atoms with van der Waals surface area (Å²) < 4.78 is 12.1. The minimum atomic E-state index is -0.218. The average Bonchev–Trinajstić information content (AvgIpc) is 1.02. The van der Waals surface area contributed by atoms with Gasteiger partial charge in [-0.25, -0.2) is 0 Å². The number of benzene rings is 16. The molecule has 0 saturated carbocycles. The molecule has 3 aromatic heterocycles. The van der Waals surface area contributed by atoms with Crippen molar-refractivity contribution in [3.8, 4) is 89.3 Å². The molecule has 2 aliphatic heterocycles. The van der Waals surface area contributed by atoms with Crippen LogP contribution < -0.4 is 21.3 Å². The van der Waals surface area contributed by atoms with Gasteiger partial charge in [-0.1, -0.05) is 320 Å². The molecule has 0 fully saturated rings. The standard InChI is InChI=1S/C104H76BN3OS/c1-103(2,3)77-56-76(57-78(61-77)104(4,5)6)73-45-51-93-86(59-73)84-39-20-22-43-91(84)107(93)80-63-95-100-98(64-80)110-102-89(49-53-97-99(102)87-60-72(46-52-96(87)109-97)68-32-17-10-18-33-68)105(100)88-48-47-79(106-90-42-21-19-38-83(90)85-58-71(44-50-92(85)106)67-30-15-9-16-31-67)62-94(88)108(95)101-81(74-36-23-34-69(54-74)65-26-11-7-12-27-65)40-25-41-82(101)75-37-24-35-70(55-75)66-28-13-8-14-29-66/h7-64H,1-6H3. The van der Waals surface area contributed by atoms with Crippen LogP contribution in [0.1, 0.15) is 52.7 Å². The van der Waals surface area contributed by atoms with Gasteiger partial charge in [0, 0.05) is 76.0 Å². The summed E-state index contributed by atoms with van der Waals surface area (Å²) in [6.45, 7) is 13.8. The first-order valence-electron chi connectivity index (χ1n) is 38.4. The van der Waals surface area contributed by atoms with Gasteiger partial charge in [0.25, 0.3) is 0 Å². The first-order valence-corrected chi connectivity index (χ1v) is 39.2. The fourth-order valence-corrected chi connectivity index (χ4v) is 19.1. The Morgan fingerprint density at radius 1 is 0.291 bits per heavy atom. The van der Waals surface area contributed by atoms with Crippen molar-refractivity contribution in [1.82, 2.24) is 9.13 Å². The van der Waals surface area contributed by atoms with Gasteiger partial charge in [-0.15, -0.1) is 0 Å². The lowest BCUT2D eigenvalue weighted by Crippen LogP contribution is -2.60. The maximum atomic E-state index is 7.03. The molecule has 0 bridgehead atoms. The third kappa shape index (κ3) is 10.7. The Morgan fingerprint density at radius 2 is 0.718 bits per heavy atom. The minimum Gasteiger partial charge on any atom is -0.456 e. The third-order valence-corrected chi connectivity index (χ3v) is 24.4. The van der Waals surface area contributed by atoms with Gasteiger partial charge < -0.3 is 18.5 Å². The van der Waals surface area contributed by atoms with Crippen LogP contribution >= 0.6 is 11.8 Å². The number of fused-ring (bicyclic) bond motifs is 14. The zero-order chi connectivity index (χ0) is 73.7. The highest BCUT2D eigenvalue weighted by molar-refractivity contribution is 8.00. The summed E-state index contributed by atoms with van der Waals surface area (Å²) in [7, 11) is 0. The number of hydrogen-bond donors (Lipinski definition) is 0. The van der Waals surface area contributed by atoms with Gasteiger partial charge in [0.05, 0.1) is 27.8 Å². The van der Waals surface area contributed by atoms with E-state index in [4.69, 9.17) is 4.42 Å². The van der Waals surface area contributed by atoms with Crippen molar-refractivity contribution >= 4 is 117 Å². The minimum absolute atomic E-state index is 0.0458. The monoisotopic (exact) mass is 1430 g/mol. The van der Waals surface area contributed by atoms with E-state index >= 15 is 0 Å². The van der Waals surface area contributed by atoms with E-state index in [-0.39, 0.29) is 17.5 Å². The molecule has 0 spiro atoms. The van der Waals surface area contributed by atoms with E-state index in [1.54, 1.807) is 0 Å². The van der Waals surface area contributed by atoms with Crippen LogP contribution in [0.25, 0.3) is 155 Å². The van der Waals surface area contributed by atoms with Gasteiger partial charge in [0.1, 0.15) is 11.2 Å². The second kappa shape index (κ2) is 25.4. The quantitative estimate of drug-likeness (QED) is 0.128. The number of rotatable bonds is 10. The molecule has 2 aliphatic rings. The molecular weight excluding hydrogens is 1350 g/mol. The summed E-state index contributed by atoms with van der Waals surface area (Å²) in [5.74, 6) is 0. The number of para-hydroxylation sites is 3. The Labute approximate surface area is 645 Å². The summed E-state index contributed by atoms with van der Waals surface area (Å²) in [5, 5.41) is 7.06. The first kappa shape index (κ1) is 65.4. The second-order valence-electron chi connectivity index (χ2n) is 32.0. The van der Waals surface area contributed by atoms with Crippen molar-refractivity contribution < 1.29 is 4.42 Å². The Morgan fingerprint density at radius 3 is 1.26 bits per heavy atom. The van der Waals surface area contributed by atoms with E-state index in [0.29, 0.717) is 0 Å². The van der Waals surface area contributed by atoms with E-state index in [1.807, 2.05) is 11.8 Å². The lowest BCUT2D eigenvalue weighted by Gasteiger charge is -2.42. The van der Waals surface area contributed by atoms with E-state index in [1.165, 1.54) is 97.8 Å². The molecule has 110 heavy (non-hydrogen) atoms. The van der Waals surface area contributed by atoms with Crippen LogP contribution in [0.15, 0.2) is 366 Å². The number of nitrogens with zero attached hydrogens (tertiary/aromatic N) is 3. The molecule has 0 radical (unpaired) electrons. The summed E-state index contributed by atoms with van der Waals surface area (Å²) in [6, 6.07) is 132. The summed E-state index contributed by atoms with van der Waals surface area (Å²) in [4.78, 5) is 5.11. The van der Waals surface area contributed by atoms with E-state index < -0.39 is 0 Å². The summed E-state index contributed by atoms with van der Waals surface area (Å²) >= 11 is 1.90. The third-order valence-electron chi connectivity index (χ3n) is 23.2. The SMILES string of the molecule is CC(C)(C)c1cc(-c2ccc3c(c2)c2ccccc2n3-c2cc3c4c(c2)N(c2c(-c5cccc(-c6ccccc6)c5)cccc2-c2cccc(-c5ccccc5)c2)c2cc(-n5c6ccccc6c6cc(-c7ccccc7)ccc65)ccc2B4c2ccc4oc5ccc(-c6ccccc6)cc5c4c2S3)cc(C(C)(C)C)c1. The molecule has 6 heteroatoms. The summed E-state index contributed by atoms with van der Waals surface area (Å²) in [5.41, 5.74) is 34.3. The molecule has 0 N–H and O–H groups in total. The van der Waals surface area contributed by atoms with Gasteiger partial charge in [-0.05, 0) is 191 Å². The molecule has 5 heterocycles. The normalized spacial score (nSPS) is 12.7. The summed E-state index contributed by atoms with van der Waals surface area (Å²) in [6.07, 6.45) is 0. The van der Waals surface area contributed by atoms with Crippen molar-refractivity contribution in [3.63, 3.8) is 0 Å². The molecule has 0 amide bonds. The average molecular weight is 1430 g/mol. The van der Waals surface area contributed by atoms with Crippen LogP contribution in [0.4, 0.5) is 17.1 Å². The van der Waals surface area contributed by atoms with Gasteiger partial charge in [-0.2, -0.15) is 0 Å². The number of aromatic nitrogens is 2. The number of hydrogen-bond acceptors (Lipinski definition) is 3. The highest BCUT2D eigenvalue weighted by atomic mass is 32.2. The van der Waals surface area contributed by atoms with Gasteiger partial charge in [-0.3, -0.25) is 0 Å². The second-order valence-corrected chi connectivity index (χ2v) is 33.0. The van der Waals surface area contributed by atoms with Crippen molar-refractivity contribution in [2.45, 2.75) is 62.2 Å². The highest BCUT2D eigenvalue weighted by Crippen LogP contribution is 2.53. The van der Waals surface area contributed by atoms with Gasteiger partial charge in [0.2, 0.25) is 6.71 Å². The van der Waals surface area contributed by atoms with E-state index in [2.05, 4.69) is 407 Å². The lowest BCUT2D eigenvalue weighted by molar-refractivity contribution is 0.569. The van der Waals surface area contributed by atoms with Crippen LogP contribution in [0.2, 0.25) is 0 Å². The van der Waals surface area contributed by atoms with Crippen LogP contribution in [0, 0.1) is 0 Å². The molecule has 4 nitrogen and oxygen atoms in total. The molecule has 16 aromatic carbocycles. The van der Waals surface area contributed by atoms with Crippen LogP contribution in [-0.2, 0) is 10.8 Å². The van der Waals surface area contributed by atoms with E-state index in [0.717, 1.165) is 111 Å². The molecule has 0 atom stereocenters. The first-order chi connectivity index (χ1) is 53.8. The van der Waals surface area contributed by atoms with Crippen LogP contribution in [0.3, 0.4) is 0 Å². The highest BCUT2D eigenvalue weighted by Gasteiger charge is 2.44. The maximum Gasteiger partial charge on any atom is 0.249 e. The van der Waals surface area contributed by atoms with Crippen molar-refractivity contribution in [3.05, 3.63) is 363 Å². The van der Waals surface area contributed by atoms with Crippen molar-refractivity contribution in [2.75, 3.05) is 4.90 Å². The Hall–Kier alpha value is -12.9. The Bertz CT molecular complexity index is 6820. The van der Waals surface area contributed by atoms with Gasteiger partial charge >= 0.3 is 0 Å². The Balaban J connectivity index is 0.887. The molecule has 0 aliphatic carbocycles. The fourth-order valence-electron chi connectivity index (χ4n) is 17.8. The predicted molar refractivity (Wildman–Crippen MR) is 468 cm³/mol. The zero-order valence-corrected chi connectivity index (χ0v) is 63.0. The molecule has 0 saturated heterocycles. The fraction of sp³-hybridized carbons (Fsp3) is 0.0769. The molecule has 0 unspecified atom stereocenters. The van der Waals surface area contributed by atoms with Crippen LogP contribution in [0.5, 0.6) is 0 Å².